The lowest BCUT2D eigenvalue weighted by Gasteiger charge is -2.33. The number of carbonyl (C=O) groups excluding carboxylic acids is 2. The van der Waals surface area contributed by atoms with Crippen LogP contribution in [-0.4, -0.2) is 68.0 Å². The molecule has 3 rings (SSSR count). The number of ether oxygens (including phenoxy) is 2. The van der Waals surface area contributed by atoms with Crippen molar-refractivity contribution in [2.24, 2.45) is 5.92 Å². The molecule has 0 unspecified atom stereocenters. The molecule has 0 radical (unpaired) electrons. The van der Waals surface area contributed by atoms with Crippen LogP contribution in [0.3, 0.4) is 0 Å². The molecule has 34 heavy (non-hydrogen) atoms. The second kappa shape index (κ2) is 10.9. The van der Waals surface area contributed by atoms with Gasteiger partial charge in [-0.05, 0) is 71.6 Å². The molecule has 10 heteroatoms. The molecule has 1 aromatic carbocycles. The van der Waals surface area contributed by atoms with E-state index in [-0.39, 0.29) is 28.6 Å². The molecular formula is C24H37N3O6S. The summed E-state index contributed by atoms with van der Waals surface area (Å²) in [6.07, 6.45) is 3.35. The predicted molar refractivity (Wildman–Crippen MR) is 129 cm³/mol. The van der Waals surface area contributed by atoms with Gasteiger partial charge in [0.25, 0.3) is 0 Å². The van der Waals surface area contributed by atoms with Crippen LogP contribution < -0.4 is 10.1 Å². The lowest BCUT2D eigenvalue weighted by atomic mass is 9.96. The van der Waals surface area contributed by atoms with Gasteiger partial charge in [-0.15, -0.1) is 0 Å². The summed E-state index contributed by atoms with van der Waals surface area (Å²) in [7, 11) is -3.73. The zero-order valence-corrected chi connectivity index (χ0v) is 21.4. The fourth-order valence-electron chi connectivity index (χ4n) is 4.20. The topological polar surface area (TPSA) is 105 Å². The third kappa shape index (κ3) is 6.63. The highest BCUT2D eigenvalue weighted by molar-refractivity contribution is 7.89. The van der Waals surface area contributed by atoms with Crippen LogP contribution in [-0.2, 0) is 19.6 Å². The van der Waals surface area contributed by atoms with E-state index < -0.39 is 15.6 Å². The van der Waals surface area contributed by atoms with Gasteiger partial charge in [0.15, 0.2) is 0 Å². The van der Waals surface area contributed by atoms with Crippen LogP contribution >= 0.6 is 0 Å². The Morgan fingerprint density at radius 2 is 1.71 bits per heavy atom. The fraction of sp³-hybridized carbons (Fsp3) is 0.667. The van der Waals surface area contributed by atoms with E-state index in [0.29, 0.717) is 51.3 Å². The maximum absolute atomic E-state index is 13.3. The molecule has 2 aliphatic heterocycles. The summed E-state index contributed by atoms with van der Waals surface area (Å²) < 4.78 is 39.1. The van der Waals surface area contributed by atoms with Crippen molar-refractivity contribution >= 4 is 27.7 Å². The first-order chi connectivity index (χ1) is 16.0. The summed E-state index contributed by atoms with van der Waals surface area (Å²) in [5, 5.41) is 2.87. The van der Waals surface area contributed by atoms with Crippen molar-refractivity contribution in [1.29, 1.82) is 0 Å². The van der Waals surface area contributed by atoms with Gasteiger partial charge in [-0.25, -0.2) is 13.2 Å². The fourth-order valence-corrected chi connectivity index (χ4v) is 5.88. The van der Waals surface area contributed by atoms with E-state index in [1.54, 1.807) is 24.0 Å². The van der Waals surface area contributed by atoms with E-state index in [0.717, 1.165) is 19.3 Å². The van der Waals surface area contributed by atoms with Gasteiger partial charge in [0.1, 0.15) is 16.2 Å². The highest BCUT2D eigenvalue weighted by Gasteiger charge is 2.32. The van der Waals surface area contributed by atoms with Gasteiger partial charge in [0, 0.05) is 37.8 Å². The third-order valence-corrected chi connectivity index (χ3v) is 7.88. The standard InChI is InChI=1S/C24H37N3O6S/c1-5-32-20-10-9-19(17-21(20)34(30,31)27-13-7-6-8-14-27)25-22(28)18-11-15-26(16-12-18)23(29)33-24(2,3)4/h9-10,17-18H,5-8,11-16H2,1-4H3,(H,25,28). The van der Waals surface area contributed by atoms with E-state index >= 15 is 0 Å². The van der Waals surface area contributed by atoms with Gasteiger partial charge in [0.05, 0.1) is 6.61 Å². The highest BCUT2D eigenvalue weighted by atomic mass is 32.2. The number of hydrogen-bond acceptors (Lipinski definition) is 6. The maximum Gasteiger partial charge on any atom is 0.410 e. The largest absolute Gasteiger partial charge is 0.492 e. The van der Waals surface area contributed by atoms with E-state index in [4.69, 9.17) is 9.47 Å². The van der Waals surface area contributed by atoms with Crippen LogP contribution in [0.5, 0.6) is 5.75 Å². The van der Waals surface area contributed by atoms with Gasteiger partial charge >= 0.3 is 6.09 Å². The summed E-state index contributed by atoms with van der Waals surface area (Å²) in [5.41, 5.74) is -0.149. The molecule has 0 aromatic heterocycles. The first-order valence-corrected chi connectivity index (χ1v) is 13.5. The highest BCUT2D eigenvalue weighted by Crippen LogP contribution is 2.32. The van der Waals surface area contributed by atoms with E-state index in [1.165, 1.54) is 10.4 Å². The summed E-state index contributed by atoms with van der Waals surface area (Å²) in [4.78, 5) is 26.9. The van der Waals surface area contributed by atoms with Crippen molar-refractivity contribution in [3.05, 3.63) is 18.2 Å². The first-order valence-electron chi connectivity index (χ1n) is 12.1. The minimum absolute atomic E-state index is 0.0776. The van der Waals surface area contributed by atoms with Gasteiger partial charge < -0.3 is 19.7 Å². The second-order valence-corrected chi connectivity index (χ2v) is 11.7. The first kappa shape index (κ1) is 26.3. The van der Waals surface area contributed by atoms with Gasteiger partial charge in [0.2, 0.25) is 15.9 Å². The minimum Gasteiger partial charge on any atom is -0.492 e. The normalized spacial score (nSPS) is 18.4. The summed E-state index contributed by atoms with van der Waals surface area (Å²) in [6, 6.07) is 4.75. The molecule has 2 heterocycles. The zero-order chi connectivity index (χ0) is 24.9. The SMILES string of the molecule is CCOc1ccc(NC(=O)C2CCN(C(=O)OC(C)(C)C)CC2)cc1S(=O)(=O)N1CCCCC1. The van der Waals surface area contributed by atoms with Crippen LogP contribution in [0.1, 0.15) is 59.8 Å². The number of hydrogen-bond donors (Lipinski definition) is 1. The summed E-state index contributed by atoms with van der Waals surface area (Å²) in [5.74, 6) is -0.168. The number of likely N-dealkylation sites (tertiary alicyclic amines) is 1. The Morgan fingerprint density at radius 1 is 1.06 bits per heavy atom. The Kier molecular flexibility index (Phi) is 8.46. The number of anilines is 1. The number of rotatable bonds is 6. The molecule has 0 aliphatic carbocycles. The summed E-state index contributed by atoms with van der Waals surface area (Å²) >= 11 is 0. The van der Waals surface area contributed by atoms with Crippen LogP contribution in [0.25, 0.3) is 0 Å². The van der Waals surface area contributed by atoms with Crippen molar-refractivity contribution < 1.29 is 27.5 Å². The Labute approximate surface area is 202 Å². The Balaban J connectivity index is 1.68. The van der Waals surface area contributed by atoms with Crippen molar-refractivity contribution in [3.8, 4) is 5.75 Å². The van der Waals surface area contributed by atoms with Crippen LogP contribution in [0.15, 0.2) is 23.1 Å². The molecule has 2 amide bonds. The molecule has 1 N–H and O–H groups in total. The van der Waals surface area contributed by atoms with Crippen LogP contribution in [0.4, 0.5) is 10.5 Å². The average Bonchev–Trinajstić information content (AvgIpc) is 2.79. The maximum atomic E-state index is 13.3. The molecule has 0 spiro atoms. The molecule has 2 fully saturated rings. The molecule has 2 saturated heterocycles. The number of piperidine rings is 2. The number of carbonyl (C=O) groups is 2. The van der Waals surface area contributed by atoms with Crippen LogP contribution in [0, 0.1) is 5.92 Å². The monoisotopic (exact) mass is 495 g/mol. The number of nitrogens with zero attached hydrogens (tertiary/aromatic N) is 2. The number of sulfonamides is 1. The van der Waals surface area contributed by atoms with E-state index in [1.807, 2.05) is 20.8 Å². The quantitative estimate of drug-likeness (QED) is 0.643. The number of benzene rings is 1. The molecule has 190 valence electrons. The molecule has 2 aliphatic rings. The molecule has 9 nitrogen and oxygen atoms in total. The van der Waals surface area contributed by atoms with Crippen molar-refractivity contribution in [1.82, 2.24) is 9.21 Å². The molecular weight excluding hydrogens is 458 g/mol. The third-order valence-electron chi connectivity index (χ3n) is 5.96. The van der Waals surface area contributed by atoms with E-state index in [9.17, 15) is 18.0 Å². The lowest BCUT2D eigenvalue weighted by molar-refractivity contribution is -0.121. The van der Waals surface area contributed by atoms with Crippen molar-refractivity contribution in [2.45, 2.75) is 70.3 Å². The zero-order valence-electron chi connectivity index (χ0n) is 20.6. The Hall–Kier alpha value is -2.33. The lowest BCUT2D eigenvalue weighted by Crippen LogP contribution is -2.43. The average molecular weight is 496 g/mol. The second-order valence-electron chi connectivity index (χ2n) is 9.79. The Morgan fingerprint density at radius 3 is 2.29 bits per heavy atom. The Bertz CT molecular complexity index is 975. The number of nitrogens with one attached hydrogen (secondary N) is 1. The summed E-state index contributed by atoms with van der Waals surface area (Å²) in [6.45, 7) is 9.45. The van der Waals surface area contributed by atoms with Gasteiger partial charge in [-0.1, -0.05) is 6.42 Å². The van der Waals surface area contributed by atoms with Gasteiger partial charge in [-0.3, -0.25) is 4.79 Å². The van der Waals surface area contributed by atoms with Crippen molar-refractivity contribution in [2.75, 3.05) is 38.1 Å². The molecule has 0 saturated carbocycles. The molecule has 0 atom stereocenters. The molecule has 1 aromatic rings. The number of amides is 2. The van der Waals surface area contributed by atoms with Gasteiger partial charge in [-0.2, -0.15) is 4.31 Å². The molecule has 0 bridgehead atoms. The van der Waals surface area contributed by atoms with Crippen molar-refractivity contribution in [3.63, 3.8) is 0 Å². The predicted octanol–water partition coefficient (Wildman–Crippen LogP) is 3.85. The van der Waals surface area contributed by atoms with Crippen LogP contribution in [0.2, 0.25) is 0 Å². The smallest absolute Gasteiger partial charge is 0.410 e. The minimum atomic E-state index is -3.73. The van der Waals surface area contributed by atoms with E-state index in [2.05, 4.69) is 5.32 Å².